The van der Waals surface area contributed by atoms with Gasteiger partial charge >= 0.3 is 0 Å². The first-order chi connectivity index (χ1) is 8.16. The Hall–Kier alpha value is -0.860. The van der Waals surface area contributed by atoms with Gasteiger partial charge in [-0.1, -0.05) is 30.7 Å². The van der Waals surface area contributed by atoms with E-state index in [-0.39, 0.29) is 0 Å². The molecule has 0 spiro atoms. The average Bonchev–Trinajstić information content (AvgIpc) is 2.68. The Morgan fingerprint density at radius 1 is 1.29 bits per heavy atom. The fraction of sp³-hybridized carbons (Fsp3) is 0.600. The van der Waals surface area contributed by atoms with Gasteiger partial charge in [0.25, 0.3) is 0 Å². The normalized spacial score (nSPS) is 24.5. The lowest BCUT2D eigenvalue weighted by Crippen LogP contribution is -2.34. The molecule has 94 valence electrons. The van der Waals surface area contributed by atoms with Crippen molar-refractivity contribution in [1.82, 2.24) is 4.90 Å². The maximum atomic E-state index is 6.12. The Labute approximate surface area is 105 Å². The lowest BCUT2D eigenvalue weighted by atomic mass is 10.0. The number of benzene rings is 1. The van der Waals surface area contributed by atoms with Crippen molar-refractivity contribution in [2.24, 2.45) is 11.7 Å². The van der Waals surface area contributed by atoms with Crippen molar-refractivity contribution < 1.29 is 0 Å². The van der Waals surface area contributed by atoms with E-state index in [9.17, 15) is 0 Å². The molecule has 0 bridgehead atoms. The Balaban J connectivity index is 1.89. The Morgan fingerprint density at radius 2 is 2.06 bits per heavy atom. The van der Waals surface area contributed by atoms with Gasteiger partial charge in [-0.3, -0.25) is 0 Å². The Kier molecular flexibility index (Phi) is 4.19. The highest BCUT2D eigenvalue weighted by atomic mass is 15.1. The van der Waals surface area contributed by atoms with Crippen LogP contribution >= 0.6 is 0 Å². The number of nitrogens with two attached hydrogens (primary N) is 1. The molecule has 1 saturated carbocycles. The molecular weight excluding hydrogens is 208 g/mol. The summed E-state index contributed by atoms with van der Waals surface area (Å²) in [6.07, 6.45) is 3.83. The van der Waals surface area contributed by atoms with Crippen LogP contribution in [0, 0.1) is 12.8 Å². The van der Waals surface area contributed by atoms with E-state index in [0.29, 0.717) is 12.0 Å². The van der Waals surface area contributed by atoms with Crippen molar-refractivity contribution in [3.63, 3.8) is 0 Å². The molecule has 2 atom stereocenters. The standard InChI is InChI=1S/C15H24N2/c1-12-6-3-4-7-13(12)10-17(2)11-14-8-5-9-15(14)16/h3-4,6-7,14-15H,5,8-11,16H2,1-2H3. The smallest absolute Gasteiger partial charge is 0.0233 e. The van der Waals surface area contributed by atoms with Crippen LogP contribution < -0.4 is 5.73 Å². The van der Waals surface area contributed by atoms with E-state index in [4.69, 9.17) is 5.73 Å². The minimum atomic E-state index is 0.425. The summed E-state index contributed by atoms with van der Waals surface area (Å²) in [6, 6.07) is 9.06. The molecule has 17 heavy (non-hydrogen) atoms. The van der Waals surface area contributed by atoms with E-state index in [1.807, 2.05) is 0 Å². The number of aryl methyl sites for hydroxylation is 1. The van der Waals surface area contributed by atoms with Gasteiger partial charge in [0.2, 0.25) is 0 Å². The van der Waals surface area contributed by atoms with E-state index in [0.717, 1.165) is 13.1 Å². The Bertz CT molecular complexity index is 362. The lowest BCUT2D eigenvalue weighted by Gasteiger charge is -2.24. The van der Waals surface area contributed by atoms with Crippen molar-refractivity contribution in [2.75, 3.05) is 13.6 Å². The fourth-order valence-corrected chi connectivity index (χ4v) is 2.84. The molecule has 1 aliphatic rings. The van der Waals surface area contributed by atoms with E-state index >= 15 is 0 Å². The molecule has 1 aromatic carbocycles. The van der Waals surface area contributed by atoms with Gasteiger partial charge in [0.05, 0.1) is 0 Å². The summed E-state index contributed by atoms with van der Waals surface area (Å²) in [6.45, 7) is 4.36. The third kappa shape index (κ3) is 3.30. The van der Waals surface area contributed by atoms with Gasteiger partial charge in [-0.25, -0.2) is 0 Å². The summed E-state index contributed by atoms with van der Waals surface area (Å²) in [5.74, 6) is 0.698. The van der Waals surface area contributed by atoms with Gasteiger partial charge in [0.1, 0.15) is 0 Å². The maximum Gasteiger partial charge on any atom is 0.0233 e. The summed E-state index contributed by atoms with van der Waals surface area (Å²) in [5.41, 5.74) is 8.94. The molecule has 2 N–H and O–H groups in total. The van der Waals surface area contributed by atoms with Crippen molar-refractivity contribution >= 4 is 0 Å². The topological polar surface area (TPSA) is 29.3 Å². The van der Waals surface area contributed by atoms with Crippen LogP contribution in [0.1, 0.15) is 30.4 Å². The number of rotatable bonds is 4. The highest BCUT2D eigenvalue weighted by molar-refractivity contribution is 5.25. The first kappa shape index (κ1) is 12.6. The molecule has 2 heteroatoms. The summed E-state index contributed by atoms with van der Waals surface area (Å²) >= 11 is 0. The van der Waals surface area contributed by atoms with Crippen LogP contribution in [0.3, 0.4) is 0 Å². The molecule has 2 rings (SSSR count). The number of hydrogen-bond acceptors (Lipinski definition) is 2. The second-order valence-electron chi connectivity index (χ2n) is 5.48. The van der Waals surface area contributed by atoms with Crippen LogP contribution in [0.2, 0.25) is 0 Å². The second-order valence-corrected chi connectivity index (χ2v) is 5.48. The number of hydrogen-bond donors (Lipinski definition) is 1. The predicted octanol–water partition coefficient (Wildman–Crippen LogP) is 2.55. The largest absolute Gasteiger partial charge is 0.327 e. The van der Waals surface area contributed by atoms with Crippen molar-refractivity contribution in [3.05, 3.63) is 35.4 Å². The molecule has 2 unspecified atom stereocenters. The SMILES string of the molecule is Cc1ccccc1CN(C)CC1CCCC1N. The van der Waals surface area contributed by atoms with E-state index < -0.39 is 0 Å². The van der Waals surface area contributed by atoms with Crippen molar-refractivity contribution in [1.29, 1.82) is 0 Å². The second kappa shape index (κ2) is 5.65. The minimum Gasteiger partial charge on any atom is -0.327 e. The first-order valence-corrected chi connectivity index (χ1v) is 6.65. The first-order valence-electron chi connectivity index (χ1n) is 6.65. The van der Waals surface area contributed by atoms with Crippen molar-refractivity contribution in [2.45, 2.75) is 38.8 Å². The number of nitrogens with zero attached hydrogens (tertiary/aromatic N) is 1. The van der Waals surface area contributed by atoms with Gasteiger partial charge < -0.3 is 10.6 Å². The molecule has 0 saturated heterocycles. The van der Waals surface area contributed by atoms with Crippen LogP contribution in [0.25, 0.3) is 0 Å². The molecule has 1 fully saturated rings. The van der Waals surface area contributed by atoms with E-state index in [2.05, 4.69) is 43.1 Å². The molecule has 0 aliphatic heterocycles. The van der Waals surface area contributed by atoms with Crippen LogP contribution in [-0.4, -0.2) is 24.5 Å². The van der Waals surface area contributed by atoms with Crippen LogP contribution in [0.5, 0.6) is 0 Å². The van der Waals surface area contributed by atoms with Crippen LogP contribution in [-0.2, 0) is 6.54 Å². The molecule has 0 radical (unpaired) electrons. The lowest BCUT2D eigenvalue weighted by molar-refractivity contribution is 0.259. The van der Waals surface area contributed by atoms with Gasteiger partial charge in [0, 0.05) is 19.1 Å². The van der Waals surface area contributed by atoms with Crippen LogP contribution in [0.4, 0.5) is 0 Å². The Morgan fingerprint density at radius 3 is 2.71 bits per heavy atom. The molecule has 0 heterocycles. The quantitative estimate of drug-likeness (QED) is 0.864. The van der Waals surface area contributed by atoms with Gasteiger partial charge in [-0.2, -0.15) is 0 Å². The molecule has 1 aliphatic carbocycles. The third-order valence-electron chi connectivity index (χ3n) is 3.97. The monoisotopic (exact) mass is 232 g/mol. The predicted molar refractivity (Wildman–Crippen MR) is 72.8 cm³/mol. The van der Waals surface area contributed by atoms with Gasteiger partial charge in [0.15, 0.2) is 0 Å². The zero-order valence-corrected chi connectivity index (χ0v) is 11.0. The zero-order valence-electron chi connectivity index (χ0n) is 11.0. The highest BCUT2D eigenvalue weighted by Gasteiger charge is 2.24. The maximum absolute atomic E-state index is 6.12. The van der Waals surface area contributed by atoms with Crippen molar-refractivity contribution in [3.8, 4) is 0 Å². The molecule has 0 amide bonds. The van der Waals surface area contributed by atoms with E-state index in [1.165, 1.54) is 30.4 Å². The van der Waals surface area contributed by atoms with Gasteiger partial charge in [-0.15, -0.1) is 0 Å². The highest BCUT2D eigenvalue weighted by Crippen LogP contribution is 2.25. The summed E-state index contributed by atoms with van der Waals surface area (Å²) in [7, 11) is 2.21. The molecule has 2 nitrogen and oxygen atoms in total. The fourth-order valence-electron chi connectivity index (χ4n) is 2.84. The molecule has 1 aromatic rings. The summed E-state index contributed by atoms with van der Waals surface area (Å²) in [4.78, 5) is 2.41. The van der Waals surface area contributed by atoms with E-state index in [1.54, 1.807) is 0 Å². The molecule has 0 aromatic heterocycles. The third-order valence-corrected chi connectivity index (χ3v) is 3.97. The zero-order chi connectivity index (χ0) is 12.3. The average molecular weight is 232 g/mol. The molecular formula is C15H24N2. The minimum absolute atomic E-state index is 0.425. The summed E-state index contributed by atoms with van der Waals surface area (Å²) < 4.78 is 0. The summed E-state index contributed by atoms with van der Waals surface area (Å²) in [5, 5.41) is 0. The van der Waals surface area contributed by atoms with Gasteiger partial charge in [-0.05, 0) is 43.9 Å². The van der Waals surface area contributed by atoms with Crippen LogP contribution in [0.15, 0.2) is 24.3 Å².